The van der Waals surface area contributed by atoms with E-state index in [1.165, 1.54) is 0 Å². The highest BCUT2D eigenvalue weighted by molar-refractivity contribution is 5.81. The van der Waals surface area contributed by atoms with Gasteiger partial charge in [-0.05, 0) is 43.5 Å². The zero-order valence-electron chi connectivity index (χ0n) is 19.4. The largest absolute Gasteiger partial charge is 0.497 e. The number of likely N-dealkylation sites (tertiary alicyclic amines) is 1. The summed E-state index contributed by atoms with van der Waals surface area (Å²) in [4.78, 5) is 19.8. The summed E-state index contributed by atoms with van der Waals surface area (Å²) in [7, 11) is 3.35. The number of carbonyl (C=O) groups excluding carboxylic acids is 1. The molecule has 0 bridgehead atoms. The lowest BCUT2D eigenvalue weighted by molar-refractivity contribution is -0.130. The minimum atomic E-state index is -0.447. The van der Waals surface area contributed by atoms with E-state index in [-0.39, 0.29) is 11.9 Å². The summed E-state index contributed by atoms with van der Waals surface area (Å²) < 4.78 is 10.9. The summed E-state index contributed by atoms with van der Waals surface area (Å²) >= 11 is 0. The van der Waals surface area contributed by atoms with Gasteiger partial charge in [-0.25, -0.2) is 0 Å². The van der Waals surface area contributed by atoms with Crippen LogP contribution in [0.4, 0.5) is 0 Å². The van der Waals surface area contributed by atoms with Gasteiger partial charge in [0.05, 0.1) is 26.0 Å². The van der Waals surface area contributed by atoms with Crippen LogP contribution < -0.4 is 14.8 Å². The molecular weight excluding hydrogens is 390 g/mol. The van der Waals surface area contributed by atoms with E-state index < -0.39 is 5.41 Å². The van der Waals surface area contributed by atoms with E-state index in [1.807, 2.05) is 51.1 Å². The van der Waals surface area contributed by atoms with Crippen LogP contribution in [0.25, 0.3) is 0 Å². The minimum Gasteiger partial charge on any atom is -0.497 e. The van der Waals surface area contributed by atoms with Crippen molar-refractivity contribution in [3.8, 4) is 11.5 Å². The van der Waals surface area contributed by atoms with Crippen molar-refractivity contribution in [2.45, 2.75) is 46.2 Å². The molecule has 6 heteroatoms. The van der Waals surface area contributed by atoms with Crippen LogP contribution in [0.2, 0.25) is 0 Å². The predicted molar refractivity (Wildman–Crippen MR) is 122 cm³/mol. The normalized spacial score (nSPS) is 18.3. The van der Waals surface area contributed by atoms with Gasteiger partial charge in [-0.2, -0.15) is 0 Å². The summed E-state index contributed by atoms with van der Waals surface area (Å²) in [5.41, 5.74) is 1.61. The molecule has 168 valence electrons. The first kappa shape index (κ1) is 23.1. The number of benzene rings is 1. The predicted octanol–water partition coefficient (Wildman–Crippen LogP) is 4.21. The van der Waals surface area contributed by atoms with Crippen LogP contribution in [0.1, 0.15) is 50.9 Å². The smallest absolute Gasteiger partial charge is 0.225 e. The van der Waals surface area contributed by atoms with Crippen molar-refractivity contribution in [1.82, 2.24) is 15.2 Å². The number of amides is 1. The van der Waals surface area contributed by atoms with Crippen molar-refractivity contribution in [2.24, 2.45) is 11.3 Å². The number of carbonyl (C=O) groups is 1. The highest BCUT2D eigenvalue weighted by atomic mass is 16.5. The molecule has 1 aliphatic heterocycles. The van der Waals surface area contributed by atoms with Crippen molar-refractivity contribution < 1.29 is 14.3 Å². The molecule has 1 amide bonds. The van der Waals surface area contributed by atoms with Gasteiger partial charge < -0.3 is 14.8 Å². The van der Waals surface area contributed by atoms with E-state index in [9.17, 15) is 4.79 Å². The van der Waals surface area contributed by atoms with Crippen LogP contribution in [-0.2, 0) is 11.3 Å². The Labute approximate surface area is 186 Å². The fraction of sp³-hybridized carbons (Fsp3) is 0.520. The topological polar surface area (TPSA) is 63.7 Å². The lowest BCUT2D eigenvalue weighted by Crippen LogP contribution is -2.45. The van der Waals surface area contributed by atoms with Gasteiger partial charge in [0.25, 0.3) is 0 Å². The Kier molecular flexibility index (Phi) is 7.55. The third kappa shape index (κ3) is 5.97. The van der Waals surface area contributed by atoms with E-state index in [4.69, 9.17) is 9.47 Å². The van der Waals surface area contributed by atoms with Crippen molar-refractivity contribution in [2.75, 3.05) is 27.3 Å². The summed E-state index contributed by atoms with van der Waals surface area (Å²) in [6, 6.07) is 11.8. The number of hydrogen-bond donors (Lipinski definition) is 1. The second-order valence-electron chi connectivity index (χ2n) is 9.27. The van der Waals surface area contributed by atoms with Crippen LogP contribution in [0, 0.1) is 11.3 Å². The fourth-order valence-electron chi connectivity index (χ4n) is 4.08. The van der Waals surface area contributed by atoms with Crippen molar-refractivity contribution in [3.63, 3.8) is 0 Å². The van der Waals surface area contributed by atoms with Crippen molar-refractivity contribution in [3.05, 3.63) is 53.9 Å². The highest BCUT2D eigenvalue weighted by Gasteiger charge is 2.33. The number of nitrogens with one attached hydrogen (secondary N) is 1. The number of hydrogen-bond acceptors (Lipinski definition) is 5. The molecule has 1 aliphatic rings. The van der Waals surface area contributed by atoms with Crippen LogP contribution in [-0.4, -0.2) is 43.1 Å². The molecule has 0 radical (unpaired) electrons. The second-order valence-corrected chi connectivity index (χ2v) is 9.27. The summed E-state index contributed by atoms with van der Waals surface area (Å²) in [6.45, 7) is 8.54. The standard InChI is InChI=1S/C25H35N3O3/c1-25(2,3)24(29)27-23(21-10-6-7-13-26-21)19-9-8-14-28(17-19)16-18-11-12-20(30-4)15-22(18)31-5/h6-7,10-13,15,19,23H,8-9,14,16-17H2,1-5H3,(H,27,29)/t19-,23+/m0/s1. The van der Waals surface area contributed by atoms with Crippen molar-refractivity contribution >= 4 is 5.91 Å². The van der Waals surface area contributed by atoms with Gasteiger partial charge in [0, 0.05) is 36.3 Å². The second kappa shape index (κ2) is 10.1. The quantitative estimate of drug-likeness (QED) is 0.720. The maximum Gasteiger partial charge on any atom is 0.225 e. The van der Waals surface area contributed by atoms with E-state index in [1.54, 1.807) is 20.4 Å². The van der Waals surface area contributed by atoms with E-state index in [2.05, 4.69) is 21.3 Å². The summed E-state index contributed by atoms with van der Waals surface area (Å²) in [5.74, 6) is 1.97. The summed E-state index contributed by atoms with van der Waals surface area (Å²) in [5, 5.41) is 3.30. The molecule has 1 aromatic carbocycles. The van der Waals surface area contributed by atoms with Gasteiger partial charge in [-0.15, -0.1) is 0 Å². The first-order valence-corrected chi connectivity index (χ1v) is 11.0. The number of piperidine rings is 1. The van der Waals surface area contributed by atoms with Crippen LogP contribution in [0.3, 0.4) is 0 Å². The number of aromatic nitrogens is 1. The molecule has 2 aromatic rings. The fourth-order valence-corrected chi connectivity index (χ4v) is 4.08. The molecule has 1 saturated heterocycles. The Hall–Kier alpha value is -2.60. The Bertz CT molecular complexity index is 864. The van der Waals surface area contributed by atoms with E-state index >= 15 is 0 Å². The molecule has 6 nitrogen and oxygen atoms in total. The molecule has 2 atom stereocenters. The maximum absolute atomic E-state index is 12.8. The SMILES string of the molecule is COc1ccc(CN2CCC[C@H]([C@@H](NC(=O)C(C)(C)C)c3ccccn3)C2)c(OC)c1. The lowest BCUT2D eigenvalue weighted by atomic mass is 9.86. The number of methoxy groups -OCH3 is 2. The molecule has 0 spiro atoms. The molecule has 1 aromatic heterocycles. The zero-order valence-corrected chi connectivity index (χ0v) is 19.4. The molecule has 1 fully saturated rings. The van der Waals surface area contributed by atoms with E-state index in [0.29, 0.717) is 5.92 Å². The average molecular weight is 426 g/mol. The zero-order chi connectivity index (χ0) is 22.4. The van der Waals surface area contributed by atoms with Gasteiger partial charge in [0.1, 0.15) is 11.5 Å². The number of rotatable bonds is 7. The highest BCUT2D eigenvalue weighted by Crippen LogP contribution is 2.32. The molecule has 2 heterocycles. The Morgan fingerprint density at radius 2 is 2.03 bits per heavy atom. The molecule has 1 N–H and O–H groups in total. The van der Waals surface area contributed by atoms with Gasteiger partial charge in [0.2, 0.25) is 5.91 Å². The van der Waals surface area contributed by atoms with Gasteiger partial charge in [0.15, 0.2) is 0 Å². The van der Waals surface area contributed by atoms with Crippen molar-refractivity contribution in [1.29, 1.82) is 0 Å². The maximum atomic E-state index is 12.8. The third-order valence-corrected chi connectivity index (χ3v) is 5.88. The monoisotopic (exact) mass is 425 g/mol. The molecule has 0 aliphatic carbocycles. The number of nitrogens with zero attached hydrogens (tertiary/aromatic N) is 2. The Morgan fingerprint density at radius 1 is 1.23 bits per heavy atom. The van der Waals surface area contributed by atoms with Crippen LogP contribution >= 0.6 is 0 Å². The van der Waals surface area contributed by atoms with Crippen LogP contribution in [0.15, 0.2) is 42.6 Å². The summed E-state index contributed by atoms with van der Waals surface area (Å²) in [6.07, 6.45) is 3.94. The minimum absolute atomic E-state index is 0.0529. The lowest BCUT2D eigenvalue weighted by Gasteiger charge is -2.38. The average Bonchev–Trinajstić information content (AvgIpc) is 2.77. The molecule has 0 saturated carbocycles. The first-order valence-electron chi connectivity index (χ1n) is 11.0. The third-order valence-electron chi connectivity index (χ3n) is 5.88. The Balaban J connectivity index is 1.78. The Morgan fingerprint density at radius 3 is 2.68 bits per heavy atom. The molecule has 31 heavy (non-hydrogen) atoms. The van der Waals surface area contributed by atoms with Gasteiger partial charge in [-0.1, -0.05) is 32.9 Å². The number of ether oxygens (including phenoxy) is 2. The van der Waals surface area contributed by atoms with Crippen LogP contribution in [0.5, 0.6) is 11.5 Å². The molecule has 3 rings (SSSR count). The molecule has 0 unspecified atom stereocenters. The van der Waals surface area contributed by atoms with Gasteiger partial charge in [-0.3, -0.25) is 14.7 Å². The van der Waals surface area contributed by atoms with E-state index in [0.717, 1.165) is 55.2 Å². The first-order chi connectivity index (χ1) is 14.8. The number of pyridine rings is 1. The van der Waals surface area contributed by atoms with Gasteiger partial charge >= 0.3 is 0 Å². The molecular formula is C25H35N3O3.